The molecular weight excluding hydrogens is 420 g/mol. The highest BCUT2D eigenvalue weighted by molar-refractivity contribution is 5.77. The zero-order chi connectivity index (χ0) is 22.7. The molecule has 0 bridgehead atoms. The summed E-state index contributed by atoms with van der Waals surface area (Å²) in [6, 6.07) is 14.8. The van der Waals surface area contributed by atoms with Crippen LogP contribution in [-0.4, -0.2) is 14.9 Å². The molecule has 0 saturated carbocycles. The van der Waals surface area contributed by atoms with Crippen LogP contribution in [0.4, 0.5) is 14.5 Å². The summed E-state index contributed by atoms with van der Waals surface area (Å²) in [6.07, 6.45) is -0.257. The monoisotopic (exact) mass is 439 g/mol. The molecule has 1 unspecified atom stereocenters. The van der Waals surface area contributed by atoms with E-state index in [4.69, 9.17) is 9.47 Å². The first kappa shape index (κ1) is 21.4. The largest absolute Gasteiger partial charge is 0.489 e. The van der Waals surface area contributed by atoms with Crippen molar-refractivity contribution in [1.29, 1.82) is 0 Å². The number of nitro benzene ring substituents is 1. The smallest absolute Gasteiger partial charge is 0.271 e. The fourth-order valence-corrected chi connectivity index (χ4v) is 3.18. The van der Waals surface area contributed by atoms with Gasteiger partial charge in [-0.3, -0.25) is 10.1 Å². The first-order chi connectivity index (χ1) is 15.4. The van der Waals surface area contributed by atoms with Gasteiger partial charge in [-0.05, 0) is 48.9 Å². The minimum Gasteiger partial charge on any atom is -0.489 e. The maximum atomic E-state index is 13.7. The highest BCUT2D eigenvalue weighted by Crippen LogP contribution is 2.24. The lowest BCUT2D eigenvalue weighted by atomic mass is 10.1. The SMILES string of the molecule is CC(OCc1nc2ccc([N+](=O)[O-])cc2[nH]1)c1ccc(OCc2cc(F)ccc2F)cc1. The number of nitrogens with one attached hydrogen (secondary N) is 1. The second kappa shape index (κ2) is 9.11. The van der Waals surface area contributed by atoms with Crippen LogP contribution in [-0.2, 0) is 18.0 Å². The third-order valence-electron chi connectivity index (χ3n) is 4.95. The van der Waals surface area contributed by atoms with E-state index in [1.165, 1.54) is 12.1 Å². The second-order valence-corrected chi connectivity index (χ2v) is 7.19. The number of hydrogen-bond acceptors (Lipinski definition) is 5. The van der Waals surface area contributed by atoms with Gasteiger partial charge in [0.05, 0.1) is 22.1 Å². The first-order valence-corrected chi connectivity index (χ1v) is 9.80. The number of aromatic nitrogens is 2. The van der Waals surface area contributed by atoms with Gasteiger partial charge in [0.2, 0.25) is 0 Å². The summed E-state index contributed by atoms with van der Waals surface area (Å²) >= 11 is 0. The molecule has 0 saturated heterocycles. The molecule has 0 aliphatic carbocycles. The summed E-state index contributed by atoms with van der Waals surface area (Å²) in [5.74, 6) is 0.0344. The molecule has 1 aromatic heterocycles. The van der Waals surface area contributed by atoms with Crippen LogP contribution in [0.1, 0.15) is 30.0 Å². The van der Waals surface area contributed by atoms with E-state index in [0.717, 1.165) is 23.8 Å². The molecular formula is C23H19F2N3O4. The number of aromatic amines is 1. The van der Waals surface area contributed by atoms with Gasteiger partial charge in [-0.1, -0.05) is 12.1 Å². The van der Waals surface area contributed by atoms with Gasteiger partial charge < -0.3 is 14.5 Å². The number of H-pyrrole nitrogens is 1. The predicted octanol–water partition coefficient (Wildman–Crippen LogP) is 5.61. The lowest BCUT2D eigenvalue weighted by molar-refractivity contribution is -0.384. The average molecular weight is 439 g/mol. The molecule has 0 spiro atoms. The van der Waals surface area contributed by atoms with Crippen molar-refractivity contribution in [3.63, 3.8) is 0 Å². The molecule has 1 atom stereocenters. The normalized spacial score (nSPS) is 12.1. The van der Waals surface area contributed by atoms with E-state index < -0.39 is 16.6 Å². The molecule has 164 valence electrons. The Morgan fingerprint density at radius 1 is 1.06 bits per heavy atom. The molecule has 0 radical (unpaired) electrons. The van der Waals surface area contributed by atoms with Crippen LogP contribution >= 0.6 is 0 Å². The van der Waals surface area contributed by atoms with Crippen LogP contribution < -0.4 is 4.74 Å². The van der Waals surface area contributed by atoms with Gasteiger partial charge in [0.1, 0.15) is 36.4 Å². The van der Waals surface area contributed by atoms with Gasteiger partial charge in [0.15, 0.2) is 0 Å². The lowest BCUT2D eigenvalue weighted by Gasteiger charge is -2.13. The second-order valence-electron chi connectivity index (χ2n) is 7.19. The summed E-state index contributed by atoms with van der Waals surface area (Å²) < 4.78 is 38.3. The van der Waals surface area contributed by atoms with Crippen molar-refractivity contribution in [3.05, 3.63) is 99.4 Å². The maximum absolute atomic E-state index is 13.7. The highest BCUT2D eigenvalue weighted by Gasteiger charge is 2.12. The van der Waals surface area contributed by atoms with E-state index in [-0.39, 0.29) is 30.6 Å². The quantitative estimate of drug-likeness (QED) is 0.285. The van der Waals surface area contributed by atoms with Gasteiger partial charge >= 0.3 is 0 Å². The zero-order valence-corrected chi connectivity index (χ0v) is 17.0. The number of benzene rings is 3. The van der Waals surface area contributed by atoms with Gasteiger partial charge in [0.25, 0.3) is 5.69 Å². The number of imidazole rings is 1. The van der Waals surface area contributed by atoms with E-state index in [1.807, 2.05) is 19.1 Å². The molecule has 7 nitrogen and oxygen atoms in total. The van der Waals surface area contributed by atoms with Crippen molar-refractivity contribution in [2.24, 2.45) is 0 Å². The van der Waals surface area contributed by atoms with Crippen LogP contribution in [0, 0.1) is 21.7 Å². The van der Waals surface area contributed by atoms with Crippen molar-refractivity contribution in [3.8, 4) is 5.75 Å². The minimum atomic E-state index is -0.523. The fraction of sp³-hybridized carbons (Fsp3) is 0.174. The van der Waals surface area contributed by atoms with Crippen LogP contribution in [0.15, 0.2) is 60.7 Å². The van der Waals surface area contributed by atoms with Crippen molar-refractivity contribution < 1.29 is 23.2 Å². The first-order valence-electron chi connectivity index (χ1n) is 9.80. The van der Waals surface area contributed by atoms with E-state index in [1.54, 1.807) is 18.2 Å². The van der Waals surface area contributed by atoms with E-state index in [9.17, 15) is 18.9 Å². The fourth-order valence-electron chi connectivity index (χ4n) is 3.18. The van der Waals surface area contributed by atoms with Crippen molar-refractivity contribution >= 4 is 16.7 Å². The van der Waals surface area contributed by atoms with Crippen LogP contribution in [0.5, 0.6) is 5.75 Å². The molecule has 1 heterocycles. The van der Waals surface area contributed by atoms with E-state index in [2.05, 4.69) is 9.97 Å². The molecule has 3 aromatic carbocycles. The Morgan fingerprint density at radius 2 is 1.84 bits per heavy atom. The number of hydrogen-bond donors (Lipinski definition) is 1. The van der Waals surface area contributed by atoms with E-state index in [0.29, 0.717) is 22.6 Å². The number of rotatable bonds is 8. The molecule has 0 fully saturated rings. The summed E-state index contributed by atoms with van der Waals surface area (Å²) in [6.45, 7) is 1.99. The molecule has 0 amide bonds. The van der Waals surface area contributed by atoms with Crippen molar-refractivity contribution in [2.75, 3.05) is 0 Å². The molecule has 4 aromatic rings. The topological polar surface area (TPSA) is 90.3 Å². The Kier molecular flexibility index (Phi) is 6.09. The molecule has 9 heteroatoms. The number of halogens is 2. The standard InChI is InChI=1S/C23H19F2N3O4/c1-14(31-13-23-26-21-9-5-18(28(29)30)11-22(21)27-23)15-2-6-19(7-3-15)32-12-16-10-17(24)4-8-20(16)25/h2-11,14H,12-13H2,1H3,(H,26,27). The van der Waals surface area contributed by atoms with E-state index >= 15 is 0 Å². The number of nitrogens with zero attached hydrogens (tertiary/aromatic N) is 2. The lowest BCUT2D eigenvalue weighted by Crippen LogP contribution is -2.02. The van der Waals surface area contributed by atoms with Crippen LogP contribution in [0.3, 0.4) is 0 Å². The van der Waals surface area contributed by atoms with Gasteiger partial charge in [-0.2, -0.15) is 0 Å². The van der Waals surface area contributed by atoms with Crippen molar-refractivity contribution in [1.82, 2.24) is 9.97 Å². The summed E-state index contributed by atoms with van der Waals surface area (Å²) in [5, 5.41) is 10.9. The van der Waals surface area contributed by atoms with Crippen molar-refractivity contribution in [2.45, 2.75) is 26.2 Å². The third-order valence-corrected chi connectivity index (χ3v) is 4.95. The van der Waals surface area contributed by atoms with Crippen LogP contribution in [0.25, 0.3) is 11.0 Å². The number of ether oxygens (including phenoxy) is 2. The Hall–Kier alpha value is -3.85. The minimum absolute atomic E-state index is 0.00978. The summed E-state index contributed by atoms with van der Waals surface area (Å²) in [4.78, 5) is 17.8. The number of non-ortho nitro benzene ring substituents is 1. The molecule has 0 aliphatic heterocycles. The third kappa shape index (κ3) is 4.89. The Balaban J connectivity index is 1.34. The Bertz CT molecular complexity index is 1260. The van der Waals surface area contributed by atoms with Crippen LogP contribution in [0.2, 0.25) is 0 Å². The highest BCUT2D eigenvalue weighted by atomic mass is 19.1. The number of nitro groups is 1. The van der Waals surface area contributed by atoms with Gasteiger partial charge in [0, 0.05) is 17.7 Å². The molecule has 0 aliphatic rings. The summed E-state index contributed by atoms with van der Waals surface area (Å²) in [5.41, 5.74) is 2.21. The Labute approximate surface area is 181 Å². The Morgan fingerprint density at radius 3 is 2.59 bits per heavy atom. The molecule has 32 heavy (non-hydrogen) atoms. The molecule has 1 N–H and O–H groups in total. The maximum Gasteiger partial charge on any atom is 0.271 e. The molecule has 4 rings (SSSR count). The summed E-state index contributed by atoms with van der Waals surface area (Å²) in [7, 11) is 0. The average Bonchev–Trinajstić information content (AvgIpc) is 3.20. The zero-order valence-electron chi connectivity index (χ0n) is 17.0. The van der Waals surface area contributed by atoms with Gasteiger partial charge in [-0.15, -0.1) is 0 Å². The predicted molar refractivity (Wildman–Crippen MR) is 113 cm³/mol. The number of fused-ring (bicyclic) bond motifs is 1. The van der Waals surface area contributed by atoms with Gasteiger partial charge in [-0.25, -0.2) is 13.8 Å².